The third kappa shape index (κ3) is 5.57. The van der Waals surface area contributed by atoms with Crippen LogP contribution in [0.4, 0.5) is 5.69 Å². The fraction of sp³-hybridized carbons (Fsp3) is 0.333. The zero-order valence-electron chi connectivity index (χ0n) is 17.8. The van der Waals surface area contributed by atoms with Gasteiger partial charge in [-0.15, -0.1) is 0 Å². The minimum absolute atomic E-state index is 0.196. The summed E-state index contributed by atoms with van der Waals surface area (Å²) in [7, 11) is 0. The van der Waals surface area contributed by atoms with E-state index in [0.717, 1.165) is 22.4 Å². The van der Waals surface area contributed by atoms with Crippen molar-refractivity contribution in [2.75, 3.05) is 18.1 Å². The van der Waals surface area contributed by atoms with Crippen LogP contribution in [0.15, 0.2) is 48.5 Å². The van der Waals surface area contributed by atoms with Gasteiger partial charge >= 0.3 is 5.97 Å². The molecule has 0 unspecified atom stereocenters. The zero-order valence-corrected chi connectivity index (χ0v) is 17.8. The first kappa shape index (κ1) is 22.2. The van der Waals surface area contributed by atoms with Gasteiger partial charge in [0.2, 0.25) is 11.8 Å². The molecule has 3 amide bonds. The third-order valence-electron chi connectivity index (χ3n) is 5.08. The van der Waals surface area contributed by atoms with Gasteiger partial charge in [0, 0.05) is 25.9 Å². The van der Waals surface area contributed by atoms with Crippen LogP contribution in [0.1, 0.15) is 47.7 Å². The van der Waals surface area contributed by atoms with Crippen molar-refractivity contribution in [2.24, 2.45) is 0 Å². The van der Waals surface area contributed by atoms with E-state index in [-0.39, 0.29) is 42.7 Å². The predicted molar refractivity (Wildman–Crippen MR) is 115 cm³/mol. The molecule has 2 aromatic rings. The number of benzene rings is 2. The Morgan fingerprint density at radius 2 is 1.58 bits per heavy atom. The highest BCUT2D eigenvalue weighted by Crippen LogP contribution is 2.23. The second-order valence-corrected chi connectivity index (χ2v) is 7.55. The summed E-state index contributed by atoms with van der Waals surface area (Å²) in [4.78, 5) is 51.4. The second kappa shape index (κ2) is 10.0. The number of aryl methyl sites for hydroxylation is 1. The van der Waals surface area contributed by atoms with E-state index in [0.29, 0.717) is 18.8 Å². The molecule has 1 aliphatic rings. The number of carbonyl (C=O) groups is 4. The molecule has 0 spiro atoms. The smallest absolute Gasteiger partial charge is 0.338 e. The Morgan fingerprint density at radius 1 is 0.968 bits per heavy atom. The second-order valence-electron chi connectivity index (χ2n) is 7.55. The Kier molecular flexibility index (Phi) is 7.18. The molecule has 0 aliphatic carbocycles. The highest BCUT2D eigenvalue weighted by atomic mass is 16.5. The van der Waals surface area contributed by atoms with E-state index in [4.69, 9.17) is 4.74 Å². The lowest BCUT2D eigenvalue weighted by Crippen LogP contribution is -2.35. The van der Waals surface area contributed by atoms with Gasteiger partial charge in [-0.05, 0) is 43.2 Å². The van der Waals surface area contributed by atoms with E-state index >= 15 is 0 Å². The van der Waals surface area contributed by atoms with Gasteiger partial charge in [0.25, 0.3) is 5.91 Å². The normalized spacial score (nSPS) is 13.4. The molecular formula is C24H26N2O5. The highest BCUT2D eigenvalue weighted by molar-refractivity contribution is 6.19. The van der Waals surface area contributed by atoms with Crippen molar-refractivity contribution in [3.05, 3.63) is 65.2 Å². The molecule has 162 valence electrons. The Hall–Kier alpha value is -3.48. The van der Waals surface area contributed by atoms with Crippen LogP contribution < -0.4 is 4.90 Å². The minimum Gasteiger partial charge on any atom is -0.452 e. The summed E-state index contributed by atoms with van der Waals surface area (Å²) < 4.78 is 5.20. The van der Waals surface area contributed by atoms with Crippen LogP contribution in [0.5, 0.6) is 0 Å². The zero-order chi connectivity index (χ0) is 22.4. The van der Waals surface area contributed by atoms with Crippen molar-refractivity contribution >= 4 is 29.4 Å². The third-order valence-corrected chi connectivity index (χ3v) is 5.08. The molecule has 0 radical (unpaired) electrons. The van der Waals surface area contributed by atoms with Crippen LogP contribution >= 0.6 is 0 Å². The van der Waals surface area contributed by atoms with E-state index in [9.17, 15) is 19.2 Å². The molecule has 1 aliphatic heterocycles. The molecule has 7 nitrogen and oxygen atoms in total. The predicted octanol–water partition coefficient (Wildman–Crippen LogP) is 3.24. The molecule has 7 heteroatoms. The van der Waals surface area contributed by atoms with Crippen LogP contribution in [-0.2, 0) is 25.7 Å². The Labute approximate surface area is 181 Å². The SMILES string of the molecule is CCCN(Cc1ccc(C)cc1)C(=O)COC(=O)c1ccc(N2C(=O)CCC2=O)cc1. The summed E-state index contributed by atoms with van der Waals surface area (Å²) in [5.74, 6) is -1.41. The van der Waals surface area contributed by atoms with Gasteiger partial charge in [-0.3, -0.25) is 19.3 Å². The van der Waals surface area contributed by atoms with Crippen LogP contribution in [0, 0.1) is 6.92 Å². The van der Waals surface area contributed by atoms with Crippen LogP contribution in [0.25, 0.3) is 0 Å². The summed E-state index contributed by atoms with van der Waals surface area (Å²) >= 11 is 0. The molecule has 1 heterocycles. The molecule has 0 atom stereocenters. The number of ether oxygens (including phenoxy) is 1. The van der Waals surface area contributed by atoms with Crippen LogP contribution in [0.3, 0.4) is 0 Å². The lowest BCUT2D eigenvalue weighted by Gasteiger charge is -2.22. The number of hydrogen-bond donors (Lipinski definition) is 0. The first-order chi connectivity index (χ1) is 14.9. The molecule has 0 aromatic heterocycles. The number of anilines is 1. The van der Waals surface area contributed by atoms with Gasteiger partial charge in [0.1, 0.15) is 0 Å². The minimum atomic E-state index is -0.634. The monoisotopic (exact) mass is 422 g/mol. The first-order valence-electron chi connectivity index (χ1n) is 10.4. The molecule has 31 heavy (non-hydrogen) atoms. The average Bonchev–Trinajstić information content (AvgIpc) is 3.11. The average molecular weight is 422 g/mol. The summed E-state index contributed by atoms with van der Waals surface area (Å²) in [5.41, 5.74) is 2.83. The number of esters is 1. The number of imide groups is 1. The maximum atomic E-state index is 12.6. The lowest BCUT2D eigenvalue weighted by atomic mass is 10.1. The molecule has 1 fully saturated rings. The van der Waals surface area contributed by atoms with Gasteiger partial charge in [-0.2, -0.15) is 0 Å². The molecule has 3 rings (SSSR count). The maximum absolute atomic E-state index is 12.6. The summed E-state index contributed by atoms with van der Waals surface area (Å²) in [5, 5.41) is 0. The number of nitrogens with zero attached hydrogens (tertiary/aromatic N) is 2. The van der Waals surface area contributed by atoms with Gasteiger partial charge in [-0.1, -0.05) is 36.8 Å². The molecule has 0 bridgehead atoms. The van der Waals surface area contributed by atoms with E-state index in [1.807, 2.05) is 38.1 Å². The van der Waals surface area contributed by atoms with Crippen LogP contribution in [0.2, 0.25) is 0 Å². The quantitative estimate of drug-likeness (QED) is 0.482. The molecule has 0 saturated carbocycles. The number of amides is 3. The van der Waals surface area contributed by atoms with Gasteiger partial charge in [0.15, 0.2) is 6.61 Å². The lowest BCUT2D eigenvalue weighted by molar-refractivity contribution is -0.135. The molecule has 2 aromatic carbocycles. The largest absolute Gasteiger partial charge is 0.452 e. The van der Waals surface area contributed by atoms with Gasteiger partial charge in [-0.25, -0.2) is 4.79 Å². The molecule has 0 N–H and O–H groups in total. The van der Waals surface area contributed by atoms with Crippen molar-refractivity contribution in [3.63, 3.8) is 0 Å². The molecular weight excluding hydrogens is 396 g/mol. The Balaban J connectivity index is 1.58. The molecule has 1 saturated heterocycles. The van der Waals surface area contributed by atoms with Gasteiger partial charge < -0.3 is 9.64 Å². The van der Waals surface area contributed by atoms with Crippen molar-refractivity contribution in [3.8, 4) is 0 Å². The van der Waals surface area contributed by atoms with E-state index in [2.05, 4.69) is 0 Å². The van der Waals surface area contributed by atoms with Crippen molar-refractivity contribution in [2.45, 2.75) is 39.7 Å². The van der Waals surface area contributed by atoms with Gasteiger partial charge in [0.05, 0.1) is 11.3 Å². The van der Waals surface area contributed by atoms with Crippen molar-refractivity contribution in [1.82, 2.24) is 4.90 Å². The standard InChI is InChI=1S/C24H26N2O5/c1-3-14-25(15-18-6-4-17(2)5-7-18)23(29)16-31-24(30)19-8-10-20(11-9-19)26-21(27)12-13-22(26)28/h4-11H,3,12-16H2,1-2H3. The number of carbonyl (C=O) groups excluding carboxylic acids is 4. The Bertz CT molecular complexity index is 950. The fourth-order valence-electron chi connectivity index (χ4n) is 3.39. The van der Waals surface area contributed by atoms with Crippen LogP contribution in [-0.4, -0.2) is 41.7 Å². The topological polar surface area (TPSA) is 84.0 Å². The number of rotatable bonds is 8. The first-order valence-corrected chi connectivity index (χ1v) is 10.4. The summed E-state index contributed by atoms with van der Waals surface area (Å²) in [6, 6.07) is 14.0. The van der Waals surface area contributed by atoms with E-state index in [1.54, 1.807) is 4.90 Å². The van der Waals surface area contributed by atoms with E-state index in [1.165, 1.54) is 24.3 Å². The fourth-order valence-corrected chi connectivity index (χ4v) is 3.39. The van der Waals surface area contributed by atoms with E-state index < -0.39 is 5.97 Å². The van der Waals surface area contributed by atoms with Crippen molar-refractivity contribution < 1.29 is 23.9 Å². The van der Waals surface area contributed by atoms with Crippen molar-refractivity contribution in [1.29, 1.82) is 0 Å². The Morgan fingerprint density at radius 3 is 2.16 bits per heavy atom. The highest BCUT2D eigenvalue weighted by Gasteiger charge is 2.30. The summed E-state index contributed by atoms with van der Waals surface area (Å²) in [6.45, 7) is 4.66. The summed E-state index contributed by atoms with van der Waals surface area (Å²) in [6.07, 6.45) is 1.18. The number of hydrogen-bond acceptors (Lipinski definition) is 5. The maximum Gasteiger partial charge on any atom is 0.338 e.